The van der Waals surface area contributed by atoms with Gasteiger partial charge in [-0.1, -0.05) is 26.2 Å². The topological polar surface area (TPSA) is 38.0 Å². The Morgan fingerprint density at radius 2 is 2.00 bits per heavy atom. The van der Waals surface area contributed by atoms with Crippen molar-refractivity contribution in [3.63, 3.8) is 0 Å². The first-order valence-corrected chi connectivity index (χ1v) is 4.74. The van der Waals surface area contributed by atoms with Crippen molar-refractivity contribution in [1.29, 1.82) is 0 Å². The van der Waals surface area contributed by atoms with Gasteiger partial charge in [0, 0.05) is 12.6 Å². The molecule has 2 nitrogen and oxygen atoms in total. The third-order valence-corrected chi connectivity index (χ3v) is 1.88. The summed E-state index contributed by atoms with van der Waals surface area (Å²) in [6.07, 6.45) is 5.31. The van der Waals surface area contributed by atoms with Crippen molar-refractivity contribution in [1.82, 2.24) is 5.32 Å². The molecule has 0 aromatic heterocycles. The normalized spacial score (nSPS) is 13.4. The van der Waals surface area contributed by atoms with Crippen LogP contribution in [0.1, 0.15) is 39.5 Å². The zero-order chi connectivity index (χ0) is 8.53. The van der Waals surface area contributed by atoms with E-state index in [-0.39, 0.29) is 0 Å². The molecule has 0 saturated carbocycles. The number of unbranched alkanes of at least 4 members (excludes halogenated alkanes) is 3. The molecule has 0 spiro atoms. The Balaban J connectivity index is 2.89. The van der Waals surface area contributed by atoms with E-state index < -0.39 is 0 Å². The van der Waals surface area contributed by atoms with Gasteiger partial charge in [-0.15, -0.1) is 0 Å². The van der Waals surface area contributed by atoms with Gasteiger partial charge in [-0.2, -0.15) is 0 Å². The molecule has 11 heavy (non-hydrogen) atoms. The zero-order valence-corrected chi connectivity index (χ0v) is 7.90. The van der Waals surface area contributed by atoms with Crippen LogP contribution < -0.4 is 11.1 Å². The maximum absolute atomic E-state index is 5.45. The maximum atomic E-state index is 5.45. The van der Waals surface area contributed by atoms with E-state index in [1.165, 1.54) is 25.7 Å². The van der Waals surface area contributed by atoms with Gasteiger partial charge in [0.25, 0.3) is 0 Å². The van der Waals surface area contributed by atoms with Crippen LogP contribution in [0.15, 0.2) is 0 Å². The van der Waals surface area contributed by atoms with Crippen LogP contribution >= 0.6 is 0 Å². The molecule has 1 atom stereocenters. The van der Waals surface area contributed by atoms with Crippen LogP contribution in [0.4, 0.5) is 0 Å². The minimum absolute atomic E-state index is 0.483. The molecule has 0 aromatic rings. The van der Waals surface area contributed by atoms with Crippen molar-refractivity contribution < 1.29 is 0 Å². The number of nitrogens with one attached hydrogen (secondary N) is 1. The first-order valence-electron chi connectivity index (χ1n) is 4.74. The highest BCUT2D eigenvalue weighted by Crippen LogP contribution is 1.97. The third-order valence-electron chi connectivity index (χ3n) is 1.88. The van der Waals surface area contributed by atoms with Gasteiger partial charge in [-0.05, 0) is 19.9 Å². The molecule has 0 heterocycles. The van der Waals surface area contributed by atoms with Crippen LogP contribution in [0.2, 0.25) is 0 Å². The Hall–Kier alpha value is -0.0800. The summed E-state index contributed by atoms with van der Waals surface area (Å²) in [5, 5.41) is 3.37. The number of rotatable bonds is 7. The predicted molar refractivity (Wildman–Crippen MR) is 50.7 cm³/mol. The molecule has 0 bridgehead atoms. The smallest absolute Gasteiger partial charge is 0.0161 e. The van der Waals surface area contributed by atoms with E-state index in [2.05, 4.69) is 19.2 Å². The highest BCUT2D eigenvalue weighted by atomic mass is 14.9. The molecule has 0 radical (unpaired) electrons. The van der Waals surface area contributed by atoms with Gasteiger partial charge in [0.1, 0.15) is 0 Å². The van der Waals surface area contributed by atoms with Crippen molar-refractivity contribution in [2.24, 2.45) is 5.73 Å². The van der Waals surface area contributed by atoms with E-state index in [1.807, 2.05) is 0 Å². The van der Waals surface area contributed by atoms with E-state index in [0.717, 1.165) is 13.1 Å². The summed E-state index contributed by atoms with van der Waals surface area (Å²) < 4.78 is 0. The van der Waals surface area contributed by atoms with Crippen molar-refractivity contribution in [2.45, 2.75) is 45.6 Å². The minimum Gasteiger partial charge on any atom is -0.329 e. The largest absolute Gasteiger partial charge is 0.329 e. The summed E-state index contributed by atoms with van der Waals surface area (Å²) in [5.41, 5.74) is 5.45. The molecule has 0 fully saturated rings. The van der Waals surface area contributed by atoms with Crippen LogP contribution in [-0.2, 0) is 0 Å². The van der Waals surface area contributed by atoms with Crippen molar-refractivity contribution in [2.75, 3.05) is 13.1 Å². The zero-order valence-electron chi connectivity index (χ0n) is 7.90. The molecule has 0 aliphatic heterocycles. The van der Waals surface area contributed by atoms with Crippen LogP contribution in [0, 0.1) is 0 Å². The van der Waals surface area contributed by atoms with Gasteiger partial charge in [0.2, 0.25) is 0 Å². The fraction of sp³-hybridized carbons (Fsp3) is 1.00. The summed E-state index contributed by atoms with van der Waals surface area (Å²) >= 11 is 0. The second-order valence-electron chi connectivity index (χ2n) is 3.15. The van der Waals surface area contributed by atoms with Gasteiger partial charge in [-0.25, -0.2) is 0 Å². The predicted octanol–water partition coefficient (Wildman–Crippen LogP) is 1.50. The van der Waals surface area contributed by atoms with Crippen LogP contribution in [0.3, 0.4) is 0 Å². The fourth-order valence-corrected chi connectivity index (χ4v) is 0.984. The van der Waals surface area contributed by atoms with Gasteiger partial charge >= 0.3 is 0 Å². The summed E-state index contributed by atoms with van der Waals surface area (Å²) in [6, 6.07) is 0.483. The van der Waals surface area contributed by atoms with Crippen molar-refractivity contribution in [3.8, 4) is 0 Å². The van der Waals surface area contributed by atoms with Crippen molar-refractivity contribution >= 4 is 0 Å². The van der Waals surface area contributed by atoms with E-state index in [4.69, 9.17) is 5.73 Å². The number of hydrogen-bond acceptors (Lipinski definition) is 2. The summed E-state index contributed by atoms with van der Waals surface area (Å²) in [5.74, 6) is 0. The molecule has 0 rings (SSSR count). The Morgan fingerprint density at radius 3 is 2.55 bits per heavy atom. The molecule has 0 amide bonds. The van der Waals surface area contributed by atoms with E-state index >= 15 is 0 Å². The Kier molecular flexibility index (Phi) is 7.96. The van der Waals surface area contributed by atoms with Gasteiger partial charge < -0.3 is 11.1 Å². The van der Waals surface area contributed by atoms with Crippen LogP contribution in [-0.4, -0.2) is 19.1 Å². The Labute approximate surface area is 70.5 Å². The summed E-state index contributed by atoms with van der Waals surface area (Å²) in [6.45, 7) is 6.22. The minimum atomic E-state index is 0.483. The number of nitrogens with two attached hydrogens (primary N) is 1. The molecular formula is C9H22N2. The highest BCUT2D eigenvalue weighted by Gasteiger charge is 1.95. The Morgan fingerprint density at radius 1 is 1.27 bits per heavy atom. The van der Waals surface area contributed by atoms with Crippen LogP contribution in [0.25, 0.3) is 0 Å². The molecule has 2 heteroatoms. The van der Waals surface area contributed by atoms with Crippen molar-refractivity contribution in [3.05, 3.63) is 0 Å². The maximum Gasteiger partial charge on any atom is 0.0161 e. The summed E-state index contributed by atoms with van der Waals surface area (Å²) in [7, 11) is 0. The molecule has 0 aliphatic rings. The van der Waals surface area contributed by atoms with E-state index in [1.54, 1.807) is 0 Å². The van der Waals surface area contributed by atoms with Gasteiger partial charge in [0.05, 0.1) is 0 Å². The molecular weight excluding hydrogens is 136 g/mol. The van der Waals surface area contributed by atoms with Gasteiger partial charge in [-0.3, -0.25) is 0 Å². The molecule has 3 N–H and O–H groups in total. The second-order valence-corrected chi connectivity index (χ2v) is 3.15. The van der Waals surface area contributed by atoms with Crippen LogP contribution in [0.5, 0.6) is 0 Å². The average molecular weight is 158 g/mol. The lowest BCUT2D eigenvalue weighted by molar-refractivity contribution is 0.526. The highest BCUT2D eigenvalue weighted by molar-refractivity contribution is 4.59. The molecule has 68 valence electrons. The number of hydrogen-bond donors (Lipinski definition) is 2. The van der Waals surface area contributed by atoms with E-state index in [9.17, 15) is 0 Å². The Bertz CT molecular complexity index is 74.0. The monoisotopic (exact) mass is 158 g/mol. The first kappa shape index (κ1) is 10.9. The molecule has 0 aliphatic carbocycles. The van der Waals surface area contributed by atoms with E-state index in [0.29, 0.717) is 6.04 Å². The quantitative estimate of drug-likeness (QED) is 0.551. The molecule has 0 saturated heterocycles. The lowest BCUT2D eigenvalue weighted by Gasteiger charge is -2.09. The molecule has 0 unspecified atom stereocenters. The lowest BCUT2D eigenvalue weighted by atomic mass is 10.2. The lowest BCUT2D eigenvalue weighted by Crippen LogP contribution is -2.33. The standard InChI is InChI=1S/C9H22N2/c1-3-4-5-6-7-11-9(2)8-10/h9,11H,3-8,10H2,1-2H3/t9-/m1/s1. The first-order chi connectivity index (χ1) is 5.31. The van der Waals surface area contributed by atoms with Gasteiger partial charge in [0.15, 0.2) is 0 Å². The second kappa shape index (κ2) is 8.02. The summed E-state index contributed by atoms with van der Waals surface area (Å²) in [4.78, 5) is 0. The fourth-order valence-electron chi connectivity index (χ4n) is 0.984. The third kappa shape index (κ3) is 7.82. The SMILES string of the molecule is CCCCCCN[C@H](C)CN. The molecule has 0 aromatic carbocycles. The average Bonchev–Trinajstić information content (AvgIpc) is 2.04.